The third kappa shape index (κ3) is 2.93. The van der Waals surface area contributed by atoms with Gasteiger partial charge in [0.05, 0.1) is 6.04 Å². The maximum atomic E-state index is 12.2. The first kappa shape index (κ1) is 13.5. The van der Waals surface area contributed by atoms with Crippen LogP contribution in [0.15, 0.2) is 22.9 Å². The molecule has 6 nitrogen and oxygen atoms in total. The monoisotopic (exact) mass is 323 g/mol. The van der Waals surface area contributed by atoms with Crippen molar-refractivity contribution >= 4 is 27.5 Å². The van der Waals surface area contributed by atoms with Crippen LogP contribution in [0.1, 0.15) is 34.7 Å². The lowest BCUT2D eigenvalue weighted by molar-refractivity contribution is 0.0937. The molecule has 1 amide bonds. The molecule has 0 fully saturated rings. The number of nitrogens with two attached hydrogens (primary N) is 1. The molecule has 1 aromatic heterocycles. The van der Waals surface area contributed by atoms with Gasteiger partial charge in [0.15, 0.2) is 0 Å². The van der Waals surface area contributed by atoms with Crippen LogP contribution in [-0.2, 0) is 0 Å². The maximum absolute atomic E-state index is 12.2. The number of hydrogen-bond acceptors (Lipinski definition) is 4. The van der Waals surface area contributed by atoms with Crippen molar-refractivity contribution in [2.24, 2.45) is 0 Å². The summed E-state index contributed by atoms with van der Waals surface area (Å²) in [6, 6.07) is 3.26. The fraction of sp³-hybridized carbons (Fsp3) is 0.250. The molecule has 0 bridgehead atoms. The Morgan fingerprint density at radius 1 is 1.53 bits per heavy atom. The van der Waals surface area contributed by atoms with Gasteiger partial charge in [-0.05, 0) is 31.5 Å². The van der Waals surface area contributed by atoms with Gasteiger partial charge in [-0.1, -0.05) is 15.9 Å². The first-order chi connectivity index (χ1) is 8.99. The molecule has 1 unspecified atom stereocenters. The molecular weight excluding hydrogens is 310 g/mol. The van der Waals surface area contributed by atoms with Crippen molar-refractivity contribution in [2.75, 3.05) is 5.73 Å². The van der Waals surface area contributed by atoms with Gasteiger partial charge in [0, 0.05) is 15.7 Å². The average molecular weight is 324 g/mol. The van der Waals surface area contributed by atoms with Crippen molar-refractivity contribution in [3.05, 3.63) is 39.9 Å². The Bertz CT molecular complexity index is 596. The number of anilines is 1. The lowest BCUT2D eigenvalue weighted by atomic mass is 10.1. The van der Waals surface area contributed by atoms with Gasteiger partial charge < -0.3 is 11.1 Å². The molecule has 19 heavy (non-hydrogen) atoms. The quantitative estimate of drug-likeness (QED) is 0.752. The Labute approximate surface area is 118 Å². The molecule has 1 atom stereocenters. The summed E-state index contributed by atoms with van der Waals surface area (Å²) in [6.07, 6.45) is 1.40. The highest BCUT2D eigenvalue weighted by Gasteiger charge is 2.16. The van der Waals surface area contributed by atoms with E-state index in [2.05, 4.69) is 36.4 Å². The van der Waals surface area contributed by atoms with Crippen LogP contribution < -0.4 is 11.1 Å². The number of aromatic nitrogens is 3. The van der Waals surface area contributed by atoms with Crippen molar-refractivity contribution in [3.8, 4) is 0 Å². The van der Waals surface area contributed by atoms with Crippen molar-refractivity contribution in [1.82, 2.24) is 20.5 Å². The summed E-state index contributed by atoms with van der Waals surface area (Å²) in [4.78, 5) is 16.2. The molecule has 0 aliphatic heterocycles. The number of nitrogen functional groups attached to an aromatic ring is 1. The largest absolute Gasteiger partial charge is 0.398 e. The first-order valence-electron chi connectivity index (χ1n) is 5.70. The van der Waals surface area contributed by atoms with Crippen LogP contribution in [0.25, 0.3) is 0 Å². The molecule has 0 spiro atoms. The van der Waals surface area contributed by atoms with Gasteiger partial charge in [-0.25, -0.2) is 4.98 Å². The molecule has 0 aliphatic rings. The fourth-order valence-corrected chi connectivity index (χ4v) is 2.18. The van der Waals surface area contributed by atoms with E-state index in [-0.39, 0.29) is 11.9 Å². The summed E-state index contributed by atoms with van der Waals surface area (Å²) in [7, 11) is 0. The Morgan fingerprint density at radius 2 is 2.26 bits per heavy atom. The van der Waals surface area contributed by atoms with E-state index in [0.29, 0.717) is 17.1 Å². The van der Waals surface area contributed by atoms with Gasteiger partial charge >= 0.3 is 0 Å². The average Bonchev–Trinajstić information content (AvgIpc) is 2.87. The van der Waals surface area contributed by atoms with E-state index >= 15 is 0 Å². The van der Waals surface area contributed by atoms with Gasteiger partial charge in [0.1, 0.15) is 12.2 Å². The first-order valence-corrected chi connectivity index (χ1v) is 6.50. The Kier molecular flexibility index (Phi) is 3.84. The smallest absolute Gasteiger partial charge is 0.252 e. The topological polar surface area (TPSA) is 96.7 Å². The number of carbonyl (C=O) groups is 1. The Hall–Kier alpha value is -1.89. The predicted octanol–water partition coefficient (Wildman–Crippen LogP) is 1.95. The lowest BCUT2D eigenvalue weighted by Gasteiger charge is -2.14. The van der Waals surface area contributed by atoms with Crippen molar-refractivity contribution in [2.45, 2.75) is 19.9 Å². The number of halogens is 1. The van der Waals surface area contributed by atoms with Crippen LogP contribution in [0.2, 0.25) is 0 Å². The molecule has 1 aromatic carbocycles. The molecule has 0 aliphatic carbocycles. The van der Waals surface area contributed by atoms with E-state index < -0.39 is 0 Å². The summed E-state index contributed by atoms with van der Waals surface area (Å²) >= 11 is 3.33. The van der Waals surface area contributed by atoms with Crippen LogP contribution in [0.4, 0.5) is 5.69 Å². The number of hydrogen-bond donors (Lipinski definition) is 3. The minimum Gasteiger partial charge on any atom is -0.398 e. The van der Waals surface area contributed by atoms with E-state index in [9.17, 15) is 4.79 Å². The van der Waals surface area contributed by atoms with E-state index in [1.165, 1.54) is 6.33 Å². The highest BCUT2D eigenvalue weighted by Crippen LogP contribution is 2.23. The Balaban J connectivity index is 2.21. The number of H-pyrrole nitrogens is 1. The maximum Gasteiger partial charge on any atom is 0.252 e. The third-order valence-corrected chi connectivity index (χ3v) is 3.31. The summed E-state index contributed by atoms with van der Waals surface area (Å²) in [5.74, 6) is 0.406. The molecule has 0 saturated carbocycles. The van der Waals surface area contributed by atoms with Crippen molar-refractivity contribution < 1.29 is 4.79 Å². The summed E-state index contributed by atoms with van der Waals surface area (Å²) in [5, 5.41) is 9.32. The summed E-state index contributed by atoms with van der Waals surface area (Å²) < 4.78 is 0.771. The van der Waals surface area contributed by atoms with Gasteiger partial charge in [-0.3, -0.25) is 9.89 Å². The number of carbonyl (C=O) groups excluding carboxylic acids is 1. The standard InChI is InChI=1S/C12H14BrN5O/c1-6-9(3-8(13)4-10(6)14)12(19)17-7(2)11-15-5-16-18-11/h3-5,7H,14H2,1-2H3,(H,17,19)(H,15,16,18). The SMILES string of the molecule is Cc1c(N)cc(Br)cc1C(=O)NC(C)c1ncn[nH]1. The van der Waals surface area contributed by atoms with E-state index in [1.54, 1.807) is 12.1 Å². The number of amides is 1. The van der Waals surface area contributed by atoms with E-state index in [4.69, 9.17) is 5.73 Å². The van der Waals surface area contributed by atoms with Gasteiger partial charge in [-0.15, -0.1) is 0 Å². The zero-order chi connectivity index (χ0) is 14.0. The zero-order valence-electron chi connectivity index (χ0n) is 10.6. The van der Waals surface area contributed by atoms with E-state index in [1.807, 2.05) is 13.8 Å². The Morgan fingerprint density at radius 3 is 2.89 bits per heavy atom. The van der Waals surface area contributed by atoms with Crippen LogP contribution in [0.3, 0.4) is 0 Å². The van der Waals surface area contributed by atoms with Crippen LogP contribution >= 0.6 is 15.9 Å². The molecular formula is C12H14BrN5O. The third-order valence-electron chi connectivity index (χ3n) is 2.85. The van der Waals surface area contributed by atoms with Crippen molar-refractivity contribution in [3.63, 3.8) is 0 Å². The highest BCUT2D eigenvalue weighted by molar-refractivity contribution is 9.10. The second-order valence-corrected chi connectivity index (χ2v) is 5.15. The molecule has 2 rings (SSSR count). The number of nitrogens with one attached hydrogen (secondary N) is 2. The molecule has 100 valence electrons. The molecule has 1 heterocycles. The number of benzene rings is 1. The summed E-state index contributed by atoms with van der Waals surface area (Å²) in [5.41, 5.74) is 7.72. The predicted molar refractivity (Wildman–Crippen MR) is 75.6 cm³/mol. The van der Waals surface area contributed by atoms with Crippen LogP contribution in [-0.4, -0.2) is 21.1 Å². The van der Waals surface area contributed by atoms with Crippen LogP contribution in [0.5, 0.6) is 0 Å². The number of aromatic amines is 1. The number of rotatable bonds is 3. The van der Waals surface area contributed by atoms with Crippen LogP contribution in [0, 0.1) is 6.92 Å². The second kappa shape index (κ2) is 5.40. The van der Waals surface area contributed by atoms with Gasteiger partial charge in [0.2, 0.25) is 0 Å². The highest BCUT2D eigenvalue weighted by atomic mass is 79.9. The molecule has 0 saturated heterocycles. The number of nitrogens with zero attached hydrogens (tertiary/aromatic N) is 2. The second-order valence-electron chi connectivity index (χ2n) is 4.23. The molecule has 4 N–H and O–H groups in total. The van der Waals surface area contributed by atoms with Gasteiger partial charge in [0.25, 0.3) is 5.91 Å². The summed E-state index contributed by atoms with van der Waals surface area (Å²) in [6.45, 7) is 3.64. The zero-order valence-corrected chi connectivity index (χ0v) is 12.2. The van der Waals surface area contributed by atoms with Gasteiger partial charge in [-0.2, -0.15) is 5.10 Å². The normalized spacial score (nSPS) is 12.2. The lowest BCUT2D eigenvalue weighted by Crippen LogP contribution is -2.28. The van der Waals surface area contributed by atoms with Crippen molar-refractivity contribution in [1.29, 1.82) is 0 Å². The van der Waals surface area contributed by atoms with E-state index in [0.717, 1.165) is 10.0 Å². The minimum atomic E-state index is -0.255. The molecule has 7 heteroatoms. The minimum absolute atomic E-state index is 0.200. The molecule has 2 aromatic rings. The fourth-order valence-electron chi connectivity index (χ4n) is 1.70. The molecule has 0 radical (unpaired) electrons.